The fourth-order valence-corrected chi connectivity index (χ4v) is 17.7. The van der Waals surface area contributed by atoms with Crippen LogP contribution in [0.4, 0.5) is 34.1 Å². The molecule has 0 atom stereocenters. The first-order valence-electron chi connectivity index (χ1n) is 43.2. The van der Waals surface area contributed by atoms with Crippen LogP contribution < -0.4 is 26.2 Å². The molecule has 566 valence electrons. The lowest BCUT2D eigenvalue weighted by Gasteiger charge is -2.45. The number of hydrogen-bond donors (Lipinski definition) is 0. The van der Waals surface area contributed by atoms with E-state index >= 15 is 0 Å². The van der Waals surface area contributed by atoms with Gasteiger partial charge in [-0.2, -0.15) is 5.26 Å². The van der Waals surface area contributed by atoms with E-state index in [0.29, 0.717) is 16.7 Å². The third-order valence-electron chi connectivity index (χ3n) is 24.3. The molecule has 2 aliphatic rings. The first kappa shape index (κ1) is 68.4. The van der Waals surface area contributed by atoms with Crippen LogP contribution in [0.3, 0.4) is 0 Å². The van der Waals surface area contributed by atoms with Crippen molar-refractivity contribution in [3.63, 3.8) is 0 Å². The molecular formula is C109H102BN5. The van der Waals surface area contributed by atoms with Crippen LogP contribution in [0.1, 0.15) is 170 Å². The number of rotatable bonds is 9. The number of aromatic nitrogens is 2. The van der Waals surface area contributed by atoms with Gasteiger partial charge in [0.25, 0.3) is 6.71 Å². The van der Waals surface area contributed by atoms with E-state index in [2.05, 4.69) is 374 Å². The van der Waals surface area contributed by atoms with Crippen LogP contribution in [0.5, 0.6) is 0 Å². The summed E-state index contributed by atoms with van der Waals surface area (Å²) in [6.45, 7) is 41.0. The number of nitrogens with zero attached hydrogens (tertiary/aromatic N) is 5. The summed E-state index contributed by atoms with van der Waals surface area (Å²) < 4.78 is 50.8. The summed E-state index contributed by atoms with van der Waals surface area (Å²) >= 11 is 0. The molecule has 16 aromatic rings. The molecule has 2 aliphatic heterocycles. The molecule has 0 aliphatic carbocycles. The van der Waals surface area contributed by atoms with Crippen LogP contribution in [0.2, 0.25) is 0 Å². The van der Waals surface area contributed by atoms with Gasteiger partial charge in [-0.25, -0.2) is 0 Å². The van der Waals surface area contributed by atoms with E-state index < -0.39 is 24.8 Å². The standard InChI is InChI=1S/C109H102BN5/c1-104(2,3)77-43-49-96-90(63-77)91-64-78(105(4,5)6)44-50-97(91)113(96)84-46-48-93-100(66-84)115(98-65-83(45-41-71(98)67-111)112-94-39-29-27-37-88(94)89-38-28-30-40-95(89)112)102-60-75(74-54-81(108(13,14)15)62-82(55-74)109(16,17)18)59-101-103(102)110(93)92-47-42-70(73-52-79(106(7,8)9)61-80(53-73)107(10,11)12)58-99(92)114(101)85-56-72(68-31-21-19-22-32-68)51-76(57-85)87-36-26-25-35-86(87)69-33-23-20-24-34-69/h19-66H,1-18H3/i20D,23D,24D,33D,34D. The Bertz CT molecular complexity index is 6790. The number of nitriles is 1. The van der Waals surface area contributed by atoms with Crippen LogP contribution >= 0.6 is 0 Å². The minimum Gasteiger partial charge on any atom is -0.311 e. The van der Waals surface area contributed by atoms with Crippen molar-refractivity contribution in [1.82, 2.24) is 9.13 Å². The van der Waals surface area contributed by atoms with Gasteiger partial charge in [0.1, 0.15) is 6.07 Å². The number of hydrogen-bond acceptors (Lipinski definition) is 3. The average Bonchev–Trinajstić information content (AvgIpc) is 0.754. The molecule has 0 saturated heterocycles. The number of fused-ring (bicyclic) bond motifs is 10. The van der Waals surface area contributed by atoms with Crippen molar-refractivity contribution in [3.05, 3.63) is 330 Å². The molecule has 0 amide bonds. The predicted octanol–water partition coefficient (Wildman–Crippen LogP) is 28.0. The Labute approximate surface area is 687 Å². The lowest BCUT2D eigenvalue weighted by atomic mass is 9.33. The summed E-state index contributed by atoms with van der Waals surface area (Å²) in [5, 5.41) is 16.9. The predicted molar refractivity (Wildman–Crippen MR) is 493 cm³/mol. The summed E-state index contributed by atoms with van der Waals surface area (Å²) in [5.74, 6) is 0. The van der Waals surface area contributed by atoms with Gasteiger partial charge in [-0.1, -0.05) is 313 Å². The Morgan fingerprint density at radius 3 is 1.21 bits per heavy atom. The smallest absolute Gasteiger partial charge is 0.252 e. The number of para-hydroxylation sites is 2. The Morgan fingerprint density at radius 1 is 0.278 bits per heavy atom. The maximum atomic E-state index is 12.2. The molecule has 4 heterocycles. The lowest BCUT2D eigenvalue weighted by Crippen LogP contribution is -2.61. The van der Waals surface area contributed by atoms with E-state index in [4.69, 9.17) is 4.11 Å². The third kappa shape index (κ3) is 13.0. The van der Waals surface area contributed by atoms with Gasteiger partial charge in [-0.05, 0) is 241 Å². The fourth-order valence-electron chi connectivity index (χ4n) is 17.7. The third-order valence-corrected chi connectivity index (χ3v) is 24.3. The molecule has 115 heavy (non-hydrogen) atoms. The molecule has 0 unspecified atom stereocenters. The quantitative estimate of drug-likeness (QED) is 0.135. The Morgan fingerprint density at radius 2 is 0.687 bits per heavy atom. The maximum absolute atomic E-state index is 12.2. The van der Waals surface area contributed by atoms with Crippen LogP contribution in [-0.4, -0.2) is 15.8 Å². The van der Waals surface area contributed by atoms with Crippen LogP contribution in [-0.2, 0) is 32.5 Å². The molecule has 5 nitrogen and oxygen atoms in total. The maximum Gasteiger partial charge on any atom is 0.252 e. The molecule has 18 rings (SSSR count). The van der Waals surface area contributed by atoms with Crippen molar-refractivity contribution in [2.75, 3.05) is 9.80 Å². The van der Waals surface area contributed by atoms with Gasteiger partial charge in [0.2, 0.25) is 0 Å². The van der Waals surface area contributed by atoms with Gasteiger partial charge in [0.15, 0.2) is 0 Å². The largest absolute Gasteiger partial charge is 0.311 e. The first-order chi connectivity index (χ1) is 56.8. The summed E-state index contributed by atoms with van der Waals surface area (Å²) in [4.78, 5) is 4.95. The Balaban J connectivity index is 1.02. The van der Waals surface area contributed by atoms with Crippen molar-refractivity contribution in [2.24, 2.45) is 0 Å². The second-order valence-corrected chi connectivity index (χ2v) is 38.3. The number of benzene rings is 14. The molecule has 2 aromatic heterocycles. The topological polar surface area (TPSA) is 40.1 Å². The highest BCUT2D eigenvalue weighted by Gasteiger charge is 2.45. The minimum atomic E-state index is -0.444. The van der Waals surface area contributed by atoms with Crippen LogP contribution in [0.25, 0.3) is 111 Å². The monoisotopic (exact) mass is 1500 g/mol. The SMILES string of the molecule is [2H]c1c([2H])c([2H])c(-c2ccccc2-c2cc(-c3ccccc3)cc(N3c4cc(-c5cc(C(C)(C)C)cc(C(C)(C)C)c5)ccc4B4c5ccc(-n6c7ccc(C(C)(C)C)cc7c7cc(C(C)(C)C)ccc76)cc5N(c5cc(-n6c7ccccc7c7ccccc76)ccc5C#N)c5cc(-c6cc(C(C)(C)C)cc(C(C)(C)C)c6)cc3c54)c2)c([2H])c1[2H]. The molecule has 0 radical (unpaired) electrons. The van der Waals surface area contributed by atoms with Crippen molar-refractivity contribution in [1.29, 1.82) is 5.26 Å². The highest BCUT2D eigenvalue weighted by Crippen LogP contribution is 2.52. The molecule has 6 heteroatoms. The highest BCUT2D eigenvalue weighted by atomic mass is 15.2. The second kappa shape index (κ2) is 27.0. The van der Waals surface area contributed by atoms with Gasteiger partial charge in [0.05, 0.1) is 40.2 Å². The van der Waals surface area contributed by atoms with Gasteiger partial charge >= 0.3 is 0 Å². The summed E-state index contributed by atoms with van der Waals surface area (Å²) in [6.07, 6.45) is 0. The Kier molecular flexibility index (Phi) is 16.1. The molecule has 0 N–H and O–H groups in total. The normalized spacial score (nSPS) is 13.9. The van der Waals surface area contributed by atoms with E-state index in [1.807, 2.05) is 36.4 Å². The molecule has 0 bridgehead atoms. The van der Waals surface area contributed by atoms with Crippen molar-refractivity contribution >= 4 is 101 Å². The first-order valence-corrected chi connectivity index (χ1v) is 40.7. The van der Waals surface area contributed by atoms with Gasteiger partial charge in [-0.15, -0.1) is 0 Å². The number of anilines is 6. The zero-order valence-electron chi connectivity index (χ0n) is 74.6. The summed E-state index contributed by atoms with van der Waals surface area (Å²) in [6, 6.07) is 97.4. The van der Waals surface area contributed by atoms with E-state index in [1.165, 1.54) is 44.2 Å². The van der Waals surface area contributed by atoms with E-state index in [1.54, 1.807) is 0 Å². The van der Waals surface area contributed by atoms with Crippen molar-refractivity contribution in [3.8, 4) is 73.1 Å². The van der Waals surface area contributed by atoms with E-state index in [9.17, 15) is 8.00 Å². The molecule has 0 fully saturated rings. The second-order valence-electron chi connectivity index (χ2n) is 38.3. The van der Waals surface area contributed by atoms with Crippen LogP contribution in [0.15, 0.2) is 291 Å². The van der Waals surface area contributed by atoms with Gasteiger partial charge in [-0.3, -0.25) is 0 Å². The zero-order valence-corrected chi connectivity index (χ0v) is 69.6. The Hall–Kier alpha value is -12.2. The van der Waals surface area contributed by atoms with E-state index in [-0.39, 0.29) is 50.1 Å². The lowest BCUT2D eigenvalue weighted by molar-refractivity contribution is 0.568. The van der Waals surface area contributed by atoms with Gasteiger partial charge < -0.3 is 18.9 Å². The molecular weight excluding hydrogens is 1390 g/mol. The van der Waals surface area contributed by atoms with Crippen LogP contribution in [0, 0.1) is 11.3 Å². The zero-order chi connectivity index (χ0) is 84.7. The average molecular weight is 1500 g/mol. The van der Waals surface area contributed by atoms with E-state index in [0.717, 1.165) is 134 Å². The fraction of sp³-hybridized carbons (Fsp3) is 0.220. The minimum absolute atomic E-state index is 0.120. The van der Waals surface area contributed by atoms with Crippen molar-refractivity contribution in [2.45, 2.75) is 157 Å². The summed E-state index contributed by atoms with van der Waals surface area (Å²) in [5.41, 5.74) is 29.7. The van der Waals surface area contributed by atoms with Crippen molar-refractivity contribution < 1.29 is 6.85 Å². The van der Waals surface area contributed by atoms with Gasteiger partial charge in [0, 0.05) is 61.4 Å². The molecule has 0 saturated carbocycles. The molecule has 0 spiro atoms. The summed E-state index contributed by atoms with van der Waals surface area (Å²) in [7, 11) is 0. The highest BCUT2D eigenvalue weighted by molar-refractivity contribution is 7.00. The molecule has 14 aromatic carbocycles.